The minimum Gasteiger partial charge on any atom is -0.359 e. The Kier molecular flexibility index (Phi) is 9.53. The highest BCUT2D eigenvalue weighted by molar-refractivity contribution is 14.0. The van der Waals surface area contributed by atoms with Gasteiger partial charge < -0.3 is 15.5 Å². The summed E-state index contributed by atoms with van der Waals surface area (Å²) in [6.07, 6.45) is 6.36. The molecule has 1 amide bonds. The molecule has 5 nitrogen and oxygen atoms in total. The lowest BCUT2D eigenvalue weighted by molar-refractivity contribution is -0.121. The van der Waals surface area contributed by atoms with Gasteiger partial charge in [-0.3, -0.25) is 9.79 Å². The van der Waals surface area contributed by atoms with Crippen LogP contribution < -0.4 is 10.6 Å². The highest BCUT2D eigenvalue weighted by atomic mass is 127. The van der Waals surface area contributed by atoms with Gasteiger partial charge in [-0.1, -0.05) is 30.2 Å². The number of hydrogen-bond acceptors (Lipinski definition) is 2. The van der Waals surface area contributed by atoms with Crippen molar-refractivity contribution in [2.45, 2.75) is 50.9 Å². The van der Waals surface area contributed by atoms with E-state index in [1.165, 1.54) is 24.8 Å². The number of amides is 1. The van der Waals surface area contributed by atoms with Gasteiger partial charge in [0.25, 0.3) is 0 Å². The lowest BCUT2D eigenvalue weighted by atomic mass is 9.64. The van der Waals surface area contributed by atoms with E-state index in [4.69, 9.17) is 16.6 Å². The van der Waals surface area contributed by atoms with Gasteiger partial charge in [0, 0.05) is 43.5 Å². The molecule has 29 heavy (non-hydrogen) atoms. The number of likely N-dealkylation sites (tertiary alicyclic amines) is 1. The fourth-order valence-corrected chi connectivity index (χ4v) is 4.44. The van der Waals surface area contributed by atoms with Crippen molar-refractivity contribution in [3.63, 3.8) is 0 Å². The molecule has 0 unspecified atom stereocenters. The summed E-state index contributed by atoms with van der Waals surface area (Å²) in [6, 6.07) is 8.30. The van der Waals surface area contributed by atoms with Gasteiger partial charge in [-0.15, -0.1) is 24.0 Å². The van der Waals surface area contributed by atoms with Crippen molar-refractivity contribution in [3.05, 3.63) is 34.9 Å². The van der Waals surface area contributed by atoms with Gasteiger partial charge in [0.1, 0.15) is 0 Å². The standard InChI is InChI=1S/C22H33ClN4O.HI/c1-3-25-21(27-13-9-17(10-14-27)15-20(28)24-2)26-16-22(11-4-12-22)18-5-7-19(23)8-6-18;/h5-8,17H,3-4,9-16H2,1-2H3,(H,24,28)(H,25,26);1H. The molecular weight excluding hydrogens is 499 g/mol. The van der Waals surface area contributed by atoms with Gasteiger partial charge in [0.2, 0.25) is 5.91 Å². The lowest BCUT2D eigenvalue weighted by Gasteiger charge is -2.42. The maximum atomic E-state index is 11.6. The van der Waals surface area contributed by atoms with E-state index >= 15 is 0 Å². The zero-order chi connectivity index (χ0) is 20.0. The molecule has 1 aliphatic carbocycles. The van der Waals surface area contributed by atoms with Crippen LogP contribution in [0.4, 0.5) is 0 Å². The highest BCUT2D eigenvalue weighted by Crippen LogP contribution is 2.44. The minimum atomic E-state index is 0. The van der Waals surface area contributed by atoms with Gasteiger partial charge in [0.05, 0.1) is 6.54 Å². The molecule has 162 valence electrons. The SMILES string of the molecule is CCNC(=NCC1(c2ccc(Cl)cc2)CCC1)N1CCC(CC(=O)NC)CC1.I. The number of rotatable bonds is 6. The molecule has 1 aliphatic heterocycles. The molecule has 1 saturated carbocycles. The van der Waals surface area contributed by atoms with Crippen molar-refractivity contribution in [1.29, 1.82) is 0 Å². The van der Waals surface area contributed by atoms with Gasteiger partial charge in [0.15, 0.2) is 5.96 Å². The van der Waals surface area contributed by atoms with Crippen LogP contribution in [0, 0.1) is 5.92 Å². The number of piperidine rings is 1. The number of nitrogens with zero attached hydrogens (tertiary/aromatic N) is 2. The van der Waals surface area contributed by atoms with E-state index in [0.29, 0.717) is 12.3 Å². The minimum absolute atomic E-state index is 0. The topological polar surface area (TPSA) is 56.7 Å². The van der Waals surface area contributed by atoms with Crippen LogP contribution in [0.1, 0.15) is 51.0 Å². The average molecular weight is 533 g/mol. The quantitative estimate of drug-likeness (QED) is 0.328. The smallest absolute Gasteiger partial charge is 0.220 e. The van der Waals surface area contributed by atoms with Gasteiger partial charge in [-0.05, 0) is 56.2 Å². The maximum absolute atomic E-state index is 11.6. The van der Waals surface area contributed by atoms with Crippen LogP contribution in [-0.4, -0.2) is 50.0 Å². The second-order valence-electron chi connectivity index (χ2n) is 8.12. The number of nitrogens with one attached hydrogen (secondary N) is 2. The van der Waals surface area contributed by atoms with Crippen LogP contribution in [0.2, 0.25) is 5.02 Å². The second-order valence-corrected chi connectivity index (χ2v) is 8.56. The normalized spacial score (nSPS) is 19.1. The second kappa shape index (κ2) is 11.4. The number of halogens is 2. The van der Waals surface area contributed by atoms with Crippen LogP contribution >= 0.6 is 35.6 Å². The first-order chi connectivity index (χ1) is 13.6. The van der Waals surface area contributed by atoms with Crippen molar-refractivity contribution in [2.75, 3.05) is 33.2 Å². The summed E-state index contributed by atoms with van der Waals surface area (Å²) in [6.45, 7) is 5.72. The fourth-order valence-electron chi connectivity index (χ4n) is 4.31. The molecule has 1 heterocycles. The molecule has 0 atom stereocenters. The van der Waals surface area contributed by atoms with E-state index in [1.807, 2.05) is 12.1 Å². The molecule has 0 aromatic heterocycles. The Labute approximate surface area is 197 Å². The van der Waals surface area contributed by atoms with Crippen molar-refractivity contribution in [3.8, 4) is 0 Å². The molecule has 0 radical (unpaired) electrons. The molecule has 7 heteroatoms. The van der Waals surface area contributed by atoms with Gasteiger partial charge in [-0.2, -0.15) is 0 Å². The fraction of sp³-hybridized carbons (Fsp3) is 0.636. The monoisotopic (exact) mass is 532 g/mol. The Morgan fingerprint density at radius 2 is 1.90 bits per heavy atom. The molecule has 2 aliphatic rings. The van der Waals surface area contributed by atoms with E-state index in [1.54, 1.807) is 7.05 Å². The van der Waals surface area contributed by atoms with Crippen molar-refractivity contribution >= 4 is 47.4 Å². The molecule has 2 N–H and O–H groups in total. The lowest BCUT2D eigenvalue weighted by Crippen LogP contribution is -2.47. The van der Waals surface area contributed by atoms with E-state index in [-0.39, 0.29) is 35.3 Å². The summed E-state index contributed by atoms with van der Waals surface area (Å²) >= 11 is 6.08. The van der Waals surface area contributed by atoms with E-state index in [0.717, 1.165) is 50.0 Å². The van der Waals surface area contributed by atoms with Crippen LogP contribution in [-0.2, 0) is 10.2 Å². The predicted octanol–water partition coefficient (Wildman–Crippen LogP) is 4.19. The third-order valence-electron chi connectivity index (χ3n) is 6.30. The van der Waals surface area contributed by atoms with Crippen LogP contribution in [0.25, 0.3) is 0 Å². The van der Waals surface area contributed by atoms with Crippen molar-refractivity contribution < 1.29 is 4.79 Å². The zero-order valence-electron chi connectivity index (χ0n) is 17.5. The van der Waals surface area contributed by atoms with Gasteiger partial charge in [-0.25, -0.2) is 0 Å². The summed E-state index contributed by atoms with van der Waals surface area (Å²) < 4.78 is 0. The number of guanidine groups is 1. The number of carbonyl (C=O) groups is 1. The summed E-state index contributed by atoms with van der Waals surface area (Å²) in [4.78, 5) is 19.0. The van der Waals surface area contributed by atoms with Crippen molar-refractivity contribution in [2.24, 2.45) is 10.9 Å². The Bertz CT molecular complexity index is 683. The number of aliphatic imine (C=N–C) groups is 1. The summed E-state index contributed by atoms with van der Waals surface area (Å²) in [5.41, 5.74) is 1.51. The Morgan fingerprint density at radius 1 is 1.24 bits per heavy atom. The highest BCUT2D eigenvalue weighted by Gasteiger charge is 2.38. The third-order valence-corrected chi connectivity index (χ3v) is 6.55. The number of benzene rings is 1. The molecule has 0 bridgehead atoms. The number of carbonyl (C=O) groups excluding carboxylic acids is 1. The molecule has 1 aromatic carbocycles. The summed E-state index contributed by atoms with van der Waals surface area (Å²) in [5, 5.41) is 7.00. The first-order valence-electron chi connectivity index (χ1n) is 10.6. The Balaban J connectivity index is 0.00000300. The molecule has 3 rings (SSSR count). The Morgan fingerprint density at radius 3 is 2.41 bits per heavy atom. The zero-order valence-corrected chi connectivity index (χ0v) is 20.6. The van der Waals surface area contributed by atoms with Crippen LogP contribution in [0.15, 0.2) is 29.3 Å². The molecule has 2 fully saturated rings. The first kappa shape index (κ1) is 24.3. The van der Waals surface area contributed by atoms with Crippen LogP contribution in [0.5, 0.6) is 0 Å². The number of hydrogen-bond donors (Lipinski definition) is 2. The van der Waals surface area contributed by atoms with E-state index in [2.05, 4.69) is 34.6 Å². The molecule has 1 aromatic rings. The summed E-state index contributed by atoms with van der Waals surface area (Å²) in [7, 11) is 1.71. The predicted molar refractivity (Wildman–Crippen MR) is 131 cm³/mol. The molecular formula is C22H34ClIN4O. The van der Waals surface area contributed by atoms with Crippen molar-refractivity contribution in [1.82, 2.24) is 15.5 Å². The van der Waals surface area contributed by atoms with Gasteiger partial charge >= 0.3 is 0 Å². The van der Waals surface area contributed by atoms with Crippen LogP contribution in [0.3, 0.4) is 0 Å². The van der Waals surface area contributed by atoms with E-state index in [9.17, 15) is 4.79 Å². The van der Waals surface area contributed by atoms with E-state index < -0.39 is 0 Å². The first-order valence-corrected chi connectivity index (χ1v) is 10.9. The summed E-state index contributed by atoms with van der Waals surface area (Å²) in [5.74, 6) is 1.64. The largest absolute Gasteiger partial charge is 0.359 e. The maximum Gasteiger partial charge on any atom is 0.220 e. The molecule has 0 spiro atoms. The average Bonchev–Trinajstić information content (AvgIpc) is 2.68. The molecule has 1 saturated heterocycles. The Hall–Kier alpha value is -1.02. The third kappa shape index (κ3) is 6.23.